The minimum absolute atomic E-state index is 0.0493. The molecule has 152 valence electrons. The molecule has 1 heterocycles. The molecule has 1 saturated heterocycles. The first-order valence-corrected chi connectivity index (χ1v) is 8.89. The van der Waals surface area contributed by atoms with Gasteiger partial charge < -0.3 is 20.1 Å². The lowest BCUT2D eigenvalue weighted by Crippen LogP contribution is -2.38. The Morgan fingerprint density at radius 2 is 2.15 bits per heavy atom. The first-order valence-electron chi connectivity index (χ1n) is 8.89. The molecule has 1 aromatic carbocycles. The molecule has 0 bridgehead atoms. The Kier molecular flexibility index (Phi) is 8.30. The van der Waals surface area contributed by atoms with E-state index in [1.807, 2.05) is 0 Å². The normalized spacial score (nSPS) is 18.0. The standard InChI is InChI=1S/C18H25F4N3O2/c1-23-17(24-7-3-8-26-12-15-4-2-9-27-15)25-11-13-5-6-14(19)10-16(13)18(20,21)22/h5-6,10,15H,2-4,7-9,11-12H2,1H3,(H2,23,24,25). The molecule has 0 aliphatic carbocycles. The minimum Gasteiger partial charge on any atom is -0.379 e. The fourth-order valence-corrected chi connectivity index (χ4v) is 2.74. The van der Waals surface area contributed by atoms with Crippen LogP contribution in [0.1, 0.15) is 30.4 Å². The van der Waals surface area contributed by atoms with Gasteiger partial charge in [-0.15, -0.1) is 0 Å². The molecule has 5 nitrogen and oxygen atoms in total. The summed E-state index contributed by atoms with van der Waals surface area (Å²) in [5.41, 5.74) is -1.04. The summed E-state index contributed by atoms with van der Waals surface area (Å²) in [4.78, 5) is 3.97. The number of guanidine groups is 1. The van der Waals surface area contributed by atoms with Crippen LogP contribution in [-0.4, -0.2) is 45.5 Å². The van der Waals surface area contributed by atoms with Gasteiger partial charge in [-0.2, -0.15) is 13.2 Å². The van der Waals surface area contributed by atoms with Crippen molar-refractivity contribution in [2.75, 3.05) is 33.4 Å². The maximum absolute atomic E-state index is 13.1. The van der Waals surface area contributed by atoms with E-state index in [2.05, 4.69) is 15.6 Å². The van der Waals surface area contributed by atoms with E-state index in [4.69, 9.17) is 9.47 Å². The number of nitrogens with zero attached hydrogens (tertiary/aromatic N) is 1. The quantitative estimate of drug-likeness (QED) is 0.310. The number of alkyl halides is 3. The molecule has 0 spiro atoms. The van der Waals surface area contributed by atoms with Gasteiger partial charge >= 0.3 is 6.18 Å². The van der Waals surface area contributed by atoms with E-state index in [9.17, 15) is 17.6 Å². The molecule has 1 fully saturated rings. The fraction of sp³-hybridized carbons (Fsp3) is 0.611. The van der Waals surface area contributed by atoms with Gasteiger partial charge in [0.15, 0.2) is 5.96 Å². The lowest BCUT2D eigenvalue weighted by molar-refractivity contribution is -0.138. The average molecular weight is 391 g/mol. The highest BCUT2D eigenvalue weighted by Gasteiger charge is 2.33. The van der Waals surface area contributed by atoms with Gasteiger partial charge in [0, 0.05) is 33.4 Å². The molecule has 1 aliphatic rings. The second kappa shape index (κ2) is 10.5. The zero-order chi connectivity index (χ0) is 19.7. The van der Waals surface area contributed by atoms with E-state index in [0.29, 0.717) is 31.8 Å². The highest BCUT2D eigenvalue weighted by Crippen LogP contribution is 2.32. The SMILES string of the molecule is CN=C(NCCCOCC1CCCO1)NCc1ccc(F)cc1C(F)(F)F. The fourth-order valence-electron chi connectivity index (χ4n) is 2.74. The van der Waals surface area contributed by atoms with Crippen molar-refractivity contribution in [2.24, 2.45) is 4.99 Å². The molecular weight excluding hydrogens is 366 g/mol. The number of aliphatic imine (C=N–C) groups is 1. The van der Waals surface area contributed by atoms with Crippen LogP contribution in [0.2, 0.25) is 0 Å². The second-order valence-electron chi connectivity index (χ2n) is 6.22. The largest absolute Gasteiger partial charge is 0.416 e. The first-order chi connectivity index (χ1) is 12.9. The van der Waals surface area contributed by atoms with Gasteiger partial charge in [0.2, 0.25) is 0 Å². The molecule has 0 saturated carbocycles. The monoisotopic (exact) mass is 391 g/mol. The predicted octanol–water partition coefficient (Wildman–Crippen LogP) is 3.10. The highest BCUT2D eigenvalue weighted by molar-refractivity contribution is 5.79. The van der Waals surface area contributed by atoms with Crippen LogP contribution in [0.3, 0.4) is 0 Å². The maximum Gasteiger partial charge on any atom is 0.416 e. The van der Waals surface area contributed by atoms with Gasteiger partial charge in [0.1, 0.15) is 5.82 Å². The molecule has 0 amide bonds. The van der Waals surface area contributed by atoms with Crippen molar-refractivity contribution in [3.05, 3.63) is 35.1 Å². The number of rotatable bonds is 8. The molecule has 1 atom stereocenters. The molecule has 0 radical (unpaired) electrons. The summed E-state index contributed by atoms with van der Waals surface area (Å²) in [7, 11) is 1.53. The summed E-state index contributed by atoms with van der Waals surface area (Å²) in [6.07, 6.45) is -1.61. The third-order valence-electron chi connectivity index (χ3n) is 4.13. The van der Waals surface area contributed by atoms with E-state index in [1.165, 1.54) is 7.05 Å². The second-order valence-corrected chi connectivity index (χ2v) is 6.22. The van der Waals surface area contributed by atoms with Crippen LogP contribution in [0.4, 0.5) is 17.6 Å². The maximum atomic E-state index is 13.1. The van der Waals surface area contributed by atoms with E-state index in [1.54, 1.807) is 0 Å². The third kappa shape index (κ3) is 7.34. The summed E-state index contributed by atoms with van der Waals surface area (Å²) in [6.45, 7) is 2.37. The van der Waals surface area contributed by atoms with Gasteiger partial charge in [0.25, 0.3) is 0 Å². The number of halogens is 4. The van der Waals surface area contributed by atoms with Crippen molar-refractivity contribution in [3.8, 4) is 0 Å². The van der Waals surface area contributed by atoms with Crippen LogP contribution in [0.5, 0.6) is 0 Å². The zero-order valence-corrected chi connectivity index (χ0v) is 15.2. The lowest BCUT2D eigenvalue weighted by Gasteiger charge is -2.16. The Bertz CT molecular complexity index is 617. The van der Waals surface area contributed by atoms with Crippen molar-refractivity contribution in [2.45, 2.75) is 38.1 Å². The lowest BCUT2D eigenvalue weighted by atomic mass is 10.1. The third-order valence-corrected chi connectivity index (χ3v) is 4.13. The molecule has 2 rings (SSSR count). The number of hydrogen-bond acceptors (Lipinski definition) is 3. The minimum atomic E-state index is -4.61. The predicted molar refractivity (Wildman–Crippen MR) is 94.0 cm³/mol. The van der Waals surface area contributed by atoms with Crippen LogP contribution < -0.4 is 10.6 Å². The number of hydrogen-bond donors (Lipinski definition) is 2. The Morgan fingerprint density at radius 3 is 2.81 bits per heavy atom. The summed E-state index contributed by atoms with van der Waals surface area (Å²) in [5, 5.41) is 5.82. The summed E-state index contributed by atoms with van der Waals surface area (Å²) in [6, 6.07) is 2.63. The zero-order valence-electron chi connectivity index (χ0n) is 15.2. The van der Waals surface area contributed by atoms with Crippen molar-refractivity contribution in [1.29, 1.82) is 0 Å². The van der Waals surface area contributed by atoms with Gasteiger partial charge in [-0.3, -0.25) is 4.99 Å². The van der Waals surface area contributed by atoms with Gasteiger partial charge in [-0.25, -0.2) is 4.39 Å². The molecule has 0 aromatic heterocycles. The van der Waals surface area contributed by atoms with Crippen LogP contribution in [0, 0.1) is 5.82 Å². The molecule has 9 heteroatoms. The van der Waals surface area contributed by atoms with Crippen molar-refractivity contribution in [1.82, 2.24) is 10.6 Å². The number of benzene rings is 1. The molecule has 1 aliphatic heterocycles. The smallest absolute Gasteiger partial charge is 0.379 e. The highest BCUT2D eigenvalue weighted by atomic mass is 19.4. The van der Waals surface area contributed by atoms with Gasteiger partial charge in [-0.1, -0.05) is 6.07 Å². The molecule has 1 aromatic rings. The van der Waals surface area contributed by atoms with Crippen molar-refractivity contribution < 1.29 is 27.0 Å². The van der Waals surface area contributed by atoms with E-state index in [0.717, 1.165) is 38.0 Å². The van der Waals surface area contributed by atoms with Gasteiger partial charge in [-0.05, 0) is 37.0 Å². The first kappa shape index (κ1) is 21.4. The summed E-state index contributed by atoms with van der Waals surface area (Å²) in [5.74, 6) is -0.553. The Labute approximate surface area is 156 Å². The van der Waals surface area contributed by atoms with Crippen molar-refractivity contribution >= 4 is 5.96 Å². The van der Waals surface area contributed by atoms with E-state index in [-0.39, 0.29) is 18.2 Å². The molecular formula is C18H25F4N3O2. The molecule has 27 heavy (non-hydrogen) atoms. The summed E-state index contributed by atoms with van der Waals surface area (Å²) >= 11 is 0. The molecule has 1 unspecified atom stereocenters. The number of nitrogens with one attached hydrogen (secondary N) is 2. The number of ether oxygens (including phenoxy) is 2. The molecule has 2 N–H and O–H groups in total. The average Bonchev–Trinajstić information content (AvgIpc) is 3.14. The Hall–Kier alpha value is -1.87. The van der Waals surface area contributed by atoms with E-state index >= 15 is 0 Å². The van der Waals surface area contributed by atoms with Gasteiger partial charge in [0.05, 0.1) is 18.3 Å². The van der Waals surface area contributed by atoms with Crippen molar-refractivity contribution in [3.63, 3.8) is 0 Å². The van der Waals surface area contributed by atoms with Crippen LogP contribution in [0.15, 0.2) is 23.2 Å². The van der Waals surface area contributed by atoms with Crippen LogP contribution in [0.25, 0.3) is 0 Å². The van der Waals surface area contributed by atoms with Crippen LogP contribution in [-0.2, 0) is 22.2 Å². The van der Waals surface area contributed by atoms with Crippen LogP contribution >= 0.6 is 0 Å². The topological polar surface area (TPSA) is 54.9 Å². The Balaban J connectivity index is 1.71. The van der Waals surface area contributed by atoms with E-state index < -0.39 is 17.6 Å². The summed E-state index contributed by atoms with van der Waals surface area (Å²) < 4.78 is 63.1. The Morgan fingerprint density at radius 1 is 1.33 bits per heavy atom.